The van der Waals surface area contributed by atoms with Gasteiger partial charge in [-0.05, 0) is 38.5 Å². The van der Waals surface area contributed by atoms with E-state index >= 15 is 0 Å². The zero-order valence-electron chi connectivity index (χ0n) is 11.2. The molecule has 0 aromatic heterocycles. The van der Waals surface area contributed by atoms with Crippen LogP contribution in [0.1, 0.15) is 32.4 Å². The van der Waals surface area contributed by atoms with E-state index in [1.807, 2.05) is 13.8 Å². The molecule has 2 atom stereocenters. The molecule has 0 aliphatic rings. The van der Waals surface area contributed by atoms with Gasteiger partial charge in [0.25, 0.3) is 0 Å². The maximum absolute atomic E-state index is 9.61. The summed E-state index contributed by atoms with van der Waals surface area (Å²) in [5.74, 6) is 0.669. The van der Waals surface area contributed by atoms with E-state index in [1.165, 1.54) is 0 Å². The van der Waals surface area contributed by atoms with Crippen LogP contribution in [0.5, 0.6) is 5.75 Å². The maximum Gasteiger partial charge on any atom is 0.119 e. The minimum Gasteiger partial charge on any atom is -0.491 e. The highest BCUT2D eigenvalue weighted by molar-refractivity contribution is 5.28. The Morgan fingerprint density at radius 3 is 2.11 bits per heavy atom. The van der Waals surface area contributed by atoms with Gasteiger partial charge in [0.15, 0.2) is 0 Å². The van der Waals surface area contributed by atoms with Crippen LogP contribution in [-0.4, -0.2) is 35.6 Å². The van der Waals surface area contributed by atoms with Crippen molar-refractivity contribution in [2.24, 2.45) is 0 Å². The lowest BCUT2D eigenvalue weighted by molar-refractivity contribution is -0.0122. The first-order chi connectivity index (χ1) is 8.49. The Hall–Kier alpha value is -1.10. The number of rotatable bonds is 7. The molecule has 0 saturated carbocycles. The number of aliphatic hydroxyl groups excluding tert-OH is 2. The molecular weight excluding hydrogens is 232 g/mol. The zero-order valence-corrected chi connectivity index (χ0v) is 11.2. The molecule has 0 heterocycles. The van der Waals surface area contributed by atoms with Crippen LogP contribution in [0.15, 0.2) is 24.3 Å². The summed E-state index contributed by atoms with van der Waals surface area (Å²) >= 11 is 0. The second kappa shape index (κ2) is 7.36. The molecule has 4 nitrogen and oxygen atoms in total. The van der Waals surface area contributed by atoms with Crippen molar-refractivity contribution < 1.29 is 19.7 Å². The third kappa shape index (κ3) is 5.49. The Morgan fingerprint density at radius 2 is 1.61 bits per heavy atom. The van der Waals surface area contributed by atoms with E-state index in [1.54, 1.807) is 31.2 Å². The highest BCUT2D eigenvalue weighted by Gasteiger charge is 2.07. The van der Waals surface area contributed by atoms with Gasteiger partial charge in [-0.2, -0.15) is 0 Å². The molecule has 18 heavy (non-hydrogen) atoms. The largest absolute Gasteiger partial charge is 0.491 e. The van der Waals surface area contributed by atoms with E-state index < -0.39 is 12.2 Å². The lowest BCUT2D eigenvalue weighted by Crippen LogP contribution is -2.25. The van der Waals surface area contributed by atoms with E-state index in [-0.39, 0.29) is 19.3 Å². The Labute approximate surface area is 108 Å². The predicted molar refractivity (Wildman–Crippen MR) is 69.7 cm³/mol. The van der Waals surface area contributed by atoms with Crippen LogP contribution in [0.3, 0.4) is 0 Å². The van der Waals surface area contributed by atoms with Crippen molar-refractivity contribution in [3.8, 4) is 5.75 Å². The SMILES string of the molecule is CC(C)OCC(O)COc1ccc([C@H](C)O)cc1. The first kappa shape index (κ1) is 15.0. The van der Waals surface area contributed by atoms with Crippen molar-refractivity contribution in [2.75, 3.05) is 13.2 Å². The van der Waals surface area contributed by atoms with Gasteiger partial charge in [0.2, 0.25) is 0 Å². The molecule has 1 rings (SSSR count). The van der Waals surface area contributed by atoms with Crippen LogP contribution in [0, 0.1) is 0 Å². The summed E-state index contributed by atoms with van der Waals surface area (Å²) < 4.78 is 10.7. The minimum atomic E-state index is -0.635. The Bertz CT molecular complexity index is 332. The summed E-state index contributed by atoms with van der Waals surface area (Å²) in [5.41, 5.74) is 0.839. The molecule has 1 unspecified atom stereocenters. The molecule has 1 aromatic rings. The van der Waals surface area contributed by atoms with Crippen molar-refractivity contribution in [1.29, 1.82) is 0 Å². The Morgan fingerprint density at radius 1 is 1.00 bits per heavy atom. The average Bonchev–Trinajstić information content (AvgIpc) is 2.34. The summed E-state index contributed by atoms with van der Waals surface area (Å²) in [4.78, 5) is 0. The fourth-order valence-electron chi connectivity index (χ4n) is 1.39. The van der Waals surface area contributed by atoms with Gasteiger partial charge >= 0.3 is 0 Å². The molecule has 0 aliphatic carbocycles. The molecular formula is C14H22O4. The van der Waals surface area contributed by atoms with Crippen LogP contribution in [-0.2, 0) is 4.74 Å². The standard InChI is InChI=1S/C14H22O4/c1-10(2)17-8-13(16)9-18-14-6-4-12(5-7-14)11(3)15/h4-7,10-11,13,15-16H,8-9H2,1-3H3/t11-,13?/m0/s1. The van der Waals surface area contributed by atoms with Gasteiger partial charge in [0.05, 0.1) is 18.8 Å². The van der Waals surface area contributed by atoms with Gasteiger partial charge in [0, 0.05) is 0 Å². The number of benzene rings is 1. The summed E-state index contributed by atoms with van der Waals surface area (Å²) in [7, 11) is 0. The smallest absolute Gasteiger partial charge is 0.119 e. The van der Waals surface area contributed by atoms with Crippen molar-refractivity contribution in [3.05, 3.63) is 29.8 Å². The van der Waals surface area contributed by atoms with Gasteiger partial charge < -0.3 is 19.7 Å². The summed E-state index contributed by atoms with van der Waals surface area (Å²) in [6, 6.07) is 7.16. The summed E-state index contributed by atoms with van der Waals surface area (Å²) in [6.07, 6.45) is -1.02. The highest BCUT2D eigenvalue weighted by Crippen LogP contribution is 2.17. The van der Waals surface area contributed by atoms with Crippen LogP contribution in [0.2, 0.25) is 0 Å². The third-order valence-corrected chi connectivity index (χ3v) is 2.43. The van der Waals surface area contributed by atoms with Crippen molar-refractivity contribution >= 4 is 0 Å². The average molecular weight is 254 g/mol. The molecule has 1 aromatic carbocycles. The molecule has 0 radical (unpaired) electrons. The first-order valence-electron chi connectivity index (χ1n) is 6.19. The fourth-order valence-corrected chi connectivity index (χ4v) is 1.39. The maximum atomic E-state index is 9.61. The van der Waals surface area contributed by atoms with Crippen molar-refractivity contribution in [2.45, 2.75) is 39.1 Å². The number of hydrogen-bond acceptors (Lipinski definition) is 4. The monoisotopic (exact) mass is 254 g/mol. The van der Waals surface area contributed by atoms with Crippen molar-refractivity contribution in [1.82, 2.24) is 0 Å². The van der Waals surface area contributed by atoms with Gasteiger partial charge in [-0.3, -0.25) is 0 Å². The summed E-state index contributed by atoms with van der Waals surface area (Å²) in [5, 5.41) is 19.0. The minimum absolute atomic E-state index is 0.102. The molecule has 4 heteroatoms. The van der Waals surface area contributed by atoms with E-state index in [9.17, 15) is 10.2 Å². The van der Waals surface area contributed by atoms with Gasteiger partial charge in [0.1, 0.15) is 18.5 Å². The van der Waals surface area contributed by atoms with Crippen LogP contribution >= 0.6 is 0 Å². The molecule has 0 spiro atoms. The molecule has 0 aliphatic heterocycles. The van der Waals surface area contributed by atoms with Gasteiger partial charge in [-0.15, -0.1) is 0 Å². The fraction of sp³-hybridized carbons (Fsp3) is 0.571. The molecule has 0 fully saturated rings. The lowest BCUT2D eigenvalue weighted by atomic mass is 10.1. The van der Waals surface area contributed by atoms with Gasteiger partial charge in [-0.25, -0.2) is 0 Å². The normalized spacial score (nSPS) is 14.6. The molecule has 2 N–H and O–H groups in total. The number of hydrogen-bond donors (Lipinski definition) is 2. The molecule has 0 amide bonds. The number of ether oxygens (including phenoxy) is 2. The Balaban J connectivity index is 2.34. The molecule has 0 bridgehead atoms. The van der Waals surface area contributed by atoms with E-state index in [0.717, 1.165) is 5.56 Å². The summed E-state index contributed by atoms with van der Waals surface area (Å²) in [6.45, 7) is 6.01. The highest BCUT2D eigenvalue weighted by atomic mass is 16.5. The lowest BCUT2D eigenvalue weighted by Gasteiger charge is -2.14. The second-order valence-electron chi connectivity index (χ2n) is 4.59. The molecule has 0 saturated heterocycles. The van der Waals surface area contributed by atoms with Crippen molar-refractivity contribution in [3.63, 3.8) is 0 Å². The first-order valence-corrected chi connectivity index (χ1v) is 6.19. The van der Waals surface area contributed by atoms with Gasteiger partial charge in [-0.1, -0.05) is 12.1 Å². The van der Waals surface area contributed by atoms with Crippen LogP contribution < -0.4 is 4.74 Å². The quantitative estimate of drug-likeness (QED) is 0.780. The van der Waals surface area contributed by atoms with E-state index in [0.29, 0.717) is 5.75 Å². The topological polar surface area (TPSA) is 58.9 Å². The van der Waals surface area contributed by atoms with Crippen LogP contribution in [0.25, 0.3) is 0 Å². The Kier molecular flexibility index (Phi) is 6.12. The van der Waals surface area contributed by atoms with Crippen LogP contribution in [0.4, 0.5) is 0 Å². The molecule has 102 valence electrons. The third-order valence-electron chi connectivity index (χ3n) is 2.43. The number of aliphatic hydroxyl groups is 2. The van der Waals surface area contributed by atoms with E-state index in [4.69, 9.17) is 9.47 Å². The zero-order chi connectivity index (χ0) is 13.5. The van der Waals surface area contributed by atoms with E-state index in [2.05, 4.69) is 0 Å². The second-order valence-corrected chi connectivity index (χ2v) is 4.59. The predicted octanol–water partition coefficient (Wildman–Crippen LogP) is 1.90.